The zero-order chi connectivity index (χ0) is 81.6. The van der Waals surface area contributed by atoms with Gasteiger partial charge in [0.05, 0.1) is 64.9 Å². The Balaban J connectivity index is 4.25. The lowest BCUT2D eigenvalue weighted by Gasteiger charge is -2.46. The Labute approximate surface area is 651 Å². The smallest absolute Gasteiger partial charge is 0.217 e. The van der Waals surface area contributed by atoms with Gasteiger partial charge >= 0.3 is 0 Å². The lowest BCUT2D eigenvalue weighted by atomic mass is 9.91. The summed E-state index contributed by atoms with van der Waals surface area (Å²) < 4.78 is 81.8. The first-order valence-electron chi connectivity index (χ1n) is 40.3. The maximum atomic E-state index is 10.7. The van der Waals surface area contributed by atoms with Gasteiger partial charge in [-0.15, -0.1) is 0 Å². The second-order valence-electron chi connectivity index (χ2n) is 28.0. The molecule has 20 N–H and O–H groups in total. The van der Waals surface area contributed by atoms with E-state index in [2.05, 4.69) is 20.8 Å². The van der Waals surface area contributed by atoms with E-state index in [0.717, 1.165) is 116 Å². The van der Waals surface area contributed by atoms with Crippen LogP contribution >= 0.6 is 0 Å². The largest absolute Gasteiger partial charge is 0.506 e. The van der Waals surface area contributed by atoms with Gasteiger partial charge in [-0.3, -0.25) is 0 Å². The fraction of sp³-hybridized carbons (Fsp3) is 0.896. The van der Waals surface area contributed by atoms with E-state index >= 15 is 0 Å². The summed E-state index contributed by atoms with van der Waals surface area (Å²) in [5.74, 6) is -8.51. The number of hydrogen-bond donors (Lipinski definition) is 20. The fourth-order valence-electron chi connectivity index (χ4n) is 11.6. The molecule has 3 unspecified atom stereocenters. The monoisotopic (exact) mass is 1600 g/mol. The Hall–Kier alpha value is -3.64. The van der Waals surface area contributed by atoms with Gasteiger partial charge in [-0.25, -0.2) is 0 Å². The van der Waals surface area contributed by atoms with E-state index < -0.39 is 158 Å². The summed E-state index contributed by atoms with van der Waals surface area (Å²) in [6, 6.07) is 0. The molecular weight excluding hydrogens is 1450 g/mol. The van der Waals surface area contributed by atoms with Crippen LogP contribution in [0.2, 0.25) is 0 Å². The molecule has 33 nitrogen and oxygen atoms in total. The van der Waals surface area contributed by atoms with E-state index in [1.165, 1.54) is 38.5 Å². The van der Waals surface area contributed by atoms with Crippen molar-refractivity contribution in [3.05, 3.63) is 46.1 Å². The van der Waals surface area contributed by atoms with Crippen molar-refractivity contribution in [2.45, 2.75) is 307 Å². The molecule has 0 radical (unpaired) electrons. The lowest BCUT2D eigenvalue weighted by molar-refractivity contribution is -0.330. The van der Waals surface area contributed by atoms with Gasteiger partial charge in [0.15, 0.2) is 52.4 Å². The fourth-order valence-corrected chi connectivity index (χ4v) is 11.6. The van der Waals surface area contributed by atoms with Gasteiger partial charge in [0.25, 0.3) is 0 Å². The van der Waals surface area contributed by atoms with Crippen molar-refractivity contribution >= 4 is 0 Å². The first-order valence-corrected chi connectivity index (χ1v) is 40.3. The molecule has 0 amide bonds. The van der Waals surface area contributed by atoms with Crippen molar-refractivity contribution in [1.29, 1.82) is 0 Å². The first kappa shape index (κ1) is 104. The number of rotatable bonds is 77. The lowest BCUT2D eigenvalue weighted by Crippen LogP contribution is -2.62. The van der Waals surface area contributed by atoms with Gasteiger partial charge in [0, 0.05) is 98.4 Å². The van der Waals surface area contributed by atoms with Gasteiger partial charge in [-0.1, -0.05) is 156 Å². The Morgan fingerprint density at radius 3 is 0.845 bits per heavy atom. The predicted molar refractivity (Wildman–Crippen MR) is 404 cm³/mol. The SMILES string of the molecule is CCCCCCCCCCOCC(COCCCCCCCCCC)(COCCCCCCCCCC)CO[C@@H]1OC(COCCCO[C@H](O)/C(O)=C(\O)[C@H](O)CCO)[C@@H](OCCCO[C@H](O)/C(O)=C(\O)[C@H](O)CCO)C(OCCCO[C@H](O)/C(O)=C(\O)[C@H](O)CCO)C1OCCCO[C@H](O)/C(O)=C(\O)[C@H](O)CCO. The number of unbranched alkanes of at least 4 members (excludes halogenated alkanes) is 21. The van der Waals surface area contributed by atoms with E-state index in [-0.39, 0.29) is 137 Å². The highest BCUT2D eigenvalue weighted by atomic mass is 16.7. The summed E-state index contributed by atoms with van der Waals surface area (Å²) in [4.78, 5) is 0. The molecule has 0 spiro atoms. The molecule has 1 fully saturated rings. The summed E-state index contributed by atoms with van der Waals surface area (Å²) in [5, 5.41) is 204. The zero-order valence-corrected chi connectivity index (χ0v) is 66.0. The van der Waals surface area contributed by atoms with Crippen LogP contribution in [0.15, 0.2) is 46.1 Å². The number of aliphatic hydroxyl groups excluding tert-OH is 20. The van der Waals surface area contributed by atoms with Crippen molar-refractivity contribution < 1.29 is 164 Å². The minimum Gasteiger partial charge on any atom is -0.506 e. The molecule has 0 aromatic heterocycles. The van der Waals surface area contributed by atoms with Crippen molar-refractivity contribution in [3.8, 4) is 0 Å². The summed E-state index contributed by atoms with van der Waals surface area (Å²) >= 11 is 0. The average molecular weight is 1600 g/mol. The molecule has 33 heteroatoms. The maximum Gasteiger partial charge on any atom is 0.217 e. The third kappa shape index (κ3) is 46.8. The minimum absolute atomic E-state index is 0.0308. The molecule has 0 aliphatic carbocycles. The molecule has 652 valence electrons. The third-order valence-electron chi connectivity index (χ3n) is 18.3. The van der Waals surface area contributed by atoms with E-state index in [1.54, 1.807) is 0 Å². The van der Waals surface area contributed by atoms with Gasteiger partial charge in [0.1, 0.15) is 48.8 Å². The van der Waals surface area contributed by atoms with Crippen LogP contribution < -0.4 is 0 Å². The highest BCUT2D eigenvalue weighted by Crippen LogP contribution is 2.33. The predicted octanol–water partition coefficient (Wildman–Crippen LogP) is 7.54. The summed E-state index contributed by atoms with van der Waals surface area (Å²) in [6.07, 6.45) is 2.30. The number of hydrogen-bond acceptors (Lipinski definition) is 33. The van der Waals surface area contributed by atoms with Crippen LogP contribution in [0, 0.1) is 5.41 Å². The van der Waals surface area contributed by atoms with Crippen molar-refractivity contribution in [2.24, 2.45) is 5.41 Å². The average Bonchev–Trinajstić information content (AvgIpc) is 0.787. The molecule has 0 bridgehead atoms. The molecule has 0 aromatic carbocycles. The van der Waals surface area contributed by atoms with Crippen molar-refractivity contribution in [2.75, 3.05) is 132 Å². The number of aliphatic hydroxyl groups is 20. The highest BCUT2D eigenvalue weighted by molar-refractivity contribution is 5.08. The summed E-state index contributed by atoms with van der Waals surface area (Å²) in [5.41, 5.74) is -1.01. The Bertz CT molecular complexity index is 2240. The molecule has 1 heterocycles. The number of ether oxygens (including phenoxy) is 13. The molecule has 1 saturated heterocycles. The van der Waals surface area contributed by atoms with Gasteiger partial charge in [0.2, 0.25) is 25.2 Å². The molecule has 0 aromatic rings. The minimum atomic E-state index is -2.15. The van der Waals surface area contributed by atoms with Gasteiger partial charge in [-0.2, -0.15) is 0 Å². The van der Waals surface area contributed by atoms with Crippen LogP contribution in [-0.2, 0) is 61.6 Å². The van der Waals surface area contributed by atoms with Gasteiger partial charge in [-0.05, 0) is 44.9 Å². The van der Waals surface area contributed by atoms with Crippen LogP contribution in [0.3, 0.4) is 0 Å². The van der Waals surface area contributed by atoms with Crippen LogP contribution in [0.1, 0.15) is 226 Å². The maximum absolute atomic E-state index is 10.7. The molecule has 1 aliphatic rings. The third-order valence-corrected chi connectivity index (χ3v) is 18.3. The van der Waals surface area contributed by atoms with Crippen LogP contribution in [-0.4, -0.2) is 315 Å². The molecule has 1 aliphatic heterocycles. The highest BCUT2D eigenvalue weighted by Gasteiger charge is 2.50. The van der Waals surface area contributed by atoms with E-state index in [9.17, 15) is 102 Å². The summed E-state index contributed by atoms with van der Waals surface area (Å²) in [6.45, 7) is 3.26. The van der Waals surface area contributed by atoms with Crippen molar-refractivity contribution in [3.63, 3.8) is 0 Å². The topological polar surface area (TPSA) is 525 Å². The molecular formula is C77H146O33. The molecule has 110 heavy (non-hydrogen) atoms. The van der Waals surface area contributed by atoms with Crippen LogP contribution in [0.4, 0.5) is 0 Å². The van der Waals surface area contributed by atoms with E-state index in [0.29, 0.717) is 19.8 Å². The van der Waals surface area contributed by atoms with Gasteiger partial charge < -0.3 is 164 Å². The summed E-state index contributed by atoms with van der Waals surface area (Å²) in [7, 11) is 0. The second-order valence-corrected chi connectivity index (χ2v) is 28.0. The molecule has 1 rings (SSSR count). The Kier molecular flexibility index (Phi) is 64.1. The first-order chi connectivity index (χ1) is 53.1. The van der Waals surface area contributed by atoms with Crippen LogP contribution in [0.25, 0.3) is 0 Å². The Morgan fingerprint density at radius 2 is 0.545 bits per heavy atom. The molecule has 0 saturated carbocycles. The standard InChI is InChI=1S/C77H146O33/c1-4-7-10-13-16-19-22-25-40-99-52-77(53-100-41-26-23-20-17-14-11-8-5-2,54-101-42-27-24-21-18-15-12-9-6-3)55-109-76-71(104-46-31-50-108-75(97)68(93)64(89)59(85)35-39-81)70(103-45-30-49-107-74(96)67(92)63(88)58(84)34-38-80)69(102-44-29-48-106-73(95)66(91)62(87)57(83)33-37-79)60(110-76)51-98-43-28-47-105-72(94)65(90)61(86)56(82)32-36-78/h56-60,69-76,78-97H,4-55H2,1-3H3/b65-61+,66-62+,67-63+,68-64+/t56-,57-,58-,59-,60?,69-,70?,71?,72+,73+,74+,75+,76-/m1/s1. The zero-order valence-electron chi connectivity index (χ0n) is 66.0. The van der Waals surface area contributed by atoms with E-state index in [4.69, 9.17) is 61.6 Å². The molecule has 13 atom stereocenters. The van der Waals surface area contributed by atoms with E-state index in [1.807, 2.05) is 0 Å². The quantitative estimate of drug-likeness (QED) is 0.0159. The Morgan fingerprint density at radius 1 is 0.282 bits per heavy atom. The normalized spacial score (nSPS) is 19.6. The van der Waals surface area contributed by atoms with Crippen LogP contribution in [0.5, 0.6) is 0 Å². The van der Waals surface area contributed by atoms with Crippen molar-refractivity contribution in [1.82, 2.24) is 0 Å². The second kappa shape index (κ2) is 67.5.